The predicted octanol–water partition coefficient (Wildman–Crippen LogP) is 3.09. The first-order chi connectivity index (χ1) is 9.94. The summed E-state index contributed by atoms with van der Waals surface area (Å²) < 4.78 is 11.6. The summed E-state index contributed by atoms with van der Waals surface area (Å²) in [5, 5.41) is 3.46. The highest BCUT2D eigenvalue weighted by Crippen LogP contribution is 2.16. The van der Waals surface area contributed by atoms with Crippen LogP contribution in [0.25, 0.3) is 0 Å². The maximum atomic E-state index is 5.88. The topological polar surface area (TPSA) is 37.6 Å². The van der Waals surface area contributed by atoms with E-state index in [9.17, 15) is 0 Å². The van der Waals surface area contributed by atoms with Crippen LogP contribution in [0, 0.1) is 6.92 Å². The lowest BCUT2D eigenvalue weighted by Crippen LogP contribution is -2.35. The molecule has 0 saturated carbocycles. The second-order valence-corrected chi connectivity index (χ2v) is 7.02. The molecule has 0 amide bonds. The molecule has 0 spiro atoms. The Hall–Kier alpha value is -0.840. The number of aryl methyl sites for hydroxylation is 1. The molecule has 0 atom stereocenters. The quantitative estimate of drug-likeness (QED) is 0.784. The van der Waals surface area contributed by atoms with E-state index in [0.717, 1.165) is 31.2 Å². The van der Waals surface area contributed by atoms with Crippen molar-refractivity contribution in [1.29, 1.82) is 0 Å². The molecule has 4 heteroatoms. The van der Waals surface area contributed by atoms with Crippen LogP contribution < -0.4 is 5.32 Å². The van der Waals surface area contributed by atoms with Gasteiger partial charge in [0.1, 0.15) is 18.1 Å². The van der Waals surface area contributed by atoms with Crippen molar-refractivity contribution in [2.75, 3.05) is 26.2 Å². The Morgan fingerprint density at radius 1 is 1.29 bits per heavy atom. The first-order valence-electron chi connectivity index (χ1n) is 8.07. The van der Waals surface area contributed by atoms with Crippen molar-refractivity contribution in [2.45, 2.75) is 59.2 Å². The Labute approximate surface area is 128 Å². The van der Waals surface area contributed by atoms with Crippen LogP contribution in [-0.2, 0) is 17.9 Å². The zero-order valence-corrected chi connectivity index (χ0v) is 14.0. The summed E-state index contributed by atoms with van der Waals surface area (Å²) in [5.41, 5.74) is 1.30. The van der Waals surface area contributed by atoms with Gasteiger partial charge >= 0.3 is 0 Å². The first kappa shape index (κ1) is 16.5. The minimum atomic E-state index is 0.103. The molecule has 21 heavy (non-hydrogen) atoms. The predicted molar refractivity (Wildman–Crippen MR) is 85.4 cm³/mol. The van der Waals surface area contributed by atoms with Crippen molar-refractivity contribution in [3.8, 4) is 0 Å². The van der Waals surface area contributed by atoms with Crippen LogP contribution in [-0.4, -0.2) is 36.7 Å². The lowest BCUT2D eigenvalue weighted by atomic mass is 10.1. The van der Waals surface area contributed by atoms with Crippen molar-refractivity contribution in [1.82, 2.24) is 10.2 Å². The van der Waals surface area contributed by atoms with Crippen molar-refractivity contribution in [3.63, 3.8) is 0 Å². The van der Waals surface area contributed by atoms with Crippen LogP contribution >= 0.6 is 0 Å². The molecule has 0 unspecified atom stereocenters. The summed E-state index contributed by atoms with van der Waals surface area (Å²) in [4.78, 5) is 2.46. The summed E-state index contributed by atoms with van der Waals surface area (Å²) in [5.74, 6) is 1.95. The Morgan fingerprint density at radius 3 is 2.67 bits per heavy atom. The van der Waals surface area contributed by atoms with Crippen molar-refractivity contribution in [3.05, 3.63) is 23.2 Å². The number of nitrogens with zero attached hydrogens (tertiary/aromatic N) is 1. The van der Waals surface area contributed by atoms with E-state index in [4.69, 9.17) is 9.15 Å². The number of ether oxygens (including phenoxy) is 1. The zero-order valence-electron chi connectivity index (χ0n) is 14.0. The average molecular weight is 294 g/mol. The van der Waals surface area contributed by atoms with Crippen LogP contribution in [0.5, 0.6) is 0 Å². The van der Waals surface area contributed by atoms with E-state index < -0.39 is 0 Å². The van der Waals surface area contributed by atoms with Crippen molar-refractivity contribution >= 4 is 0 Å². The smallest absolute Gasteiger partial charge is 0.130 e. The van der Waals surface area contributed by atoms with E-state index in [1.807, 2.05) is 0 Å². The van der Waals surface area contributed by atoms with Gasteiger partial charge in [-0.15, -0.1) is 0 Å². The van der Waals surface area contributed by atoms with Gasteiger partial charge in [-0.3, -0.25) is 0 Å². The third-order valence-corrected chi connectivity index (χ3v) is 3.85. The number of hydrogen-bond donors (Lipinski definition) is 1. The molecule has 2 heterocycles. The van der Waals surface area contributed by atoms with Crippen molar-refractivity contribution in [2.24, 2.45) is 0 Å². The Bertz CT molecular complexity index is 428. The van der Waals surface area contributed by atoms with Gasteiger partial charge in [0, 0.05) is 12.1 Å². The second kappa shape index (κ2) is 7.43. The van der Waals surface area contributed by atoms with E-state index in [2.05, 4.69) is 44.0 Å². The number of nitrogens with one attached hydrogen (secondary N) is 1. The van der Waals surface area contributed by atoms with Crippen LogP contribution in [0.4, 0.5) is 0 Å². The molecule has 4 nitrogen and oxygen atoms in total. The van der Waals surface area contributed by atoms with Gasteiger partial charge in [-0.2, -0.15) is 0 Å². The molecule has 0 radical (unpaired) electrons. The van der Waals surface area contributed by atoms with Gasteiger partial charge in [-0.1, -0.05) is 0 Å². The van der Waals surface area contributed by atoms with Crippen LogP contribution in [0.15, 0.2) is 10.5 Å². The maximum Gasteiger partial charge on any atom is 0.130 e. The second-order valence-electron chi connectivity index (χ2n) is 7.02. The lowest BCUT2D eigenvalue weighted by Gasteiger charge is -2.19. The Kier molecular flexibility index (Phi) is 5.85. The fourth-order valence-corrected chi connectivity index (χ4v) is 2.55. The molecule has 1 aromatic heterocycles. The van der Waals surface area contributed by atoms with E-state index in [0.29, 0.717) is 6.61 Å². The third kappa shape index (κ3) is 5.81. The minimum Gasteiger partial charge on any atom is -0.462 e. The molecule has 1 aromatic rings. The fourth-order valence-electron chi connectivity index (χ4n) is 2.55. The van der Waals surface area contributed by atoms with E-state index in [1.165, 1.54) is 31.5 Å². The summed E-state index contributed by atoms with van der Waals surface area (Å²) >= 11 is 0. The molecule has 1 saturated heterocycles. The maximum absolute atomic E-state index is 5.88. The molecule has 2 rings (SSSR count). The van der Waals surface area contributed by atoms with Crippen LogP contribution in [0.2, 0.25) is 0 Å². The molecular weight excluding hydrogens is 264 g/mol. The molecule has 1 aliphatic rings. The van der Waals surface area contributed by atoms with E-state index in [1.54, 1.807) is 0 Å². The Morgan fingerprint density at radius 2 is 2.00 bits per heavy atom. The number of rotatable bonds is 7. The molecule has 0 aliphatic carbocycles. The summed E-state index contributed by atoms with van der Waals surface area (Å²) in [6.07, 6.45) is 2.67. The van der Waals surface area contributed by atoms with Crippen molar-refractivity contribution < 1.29 is 9.15 Å². The van der Waals surface area contributed by atoms with Gasteiger partial charge in [0.05, 0.1) is 13.2 Å². The highest BCUT2D eigenvalue weighted by atomic mass is 16.5. The zero-order chi connectivity index (χ0) is 15.3. The molecule has 0 bridgehead atoms. The van der Waals surface area contributed by atoms with Crippen LogP contribution in [0.3, 0.4) is 0 Å². The van der Waals surface area contributed by atoms with E-state index in [-0.39, 0.29) is 5.54 Å². The number of furan rings is 1. The number of likely N-dealkylation sites (tertiary alicyclic amines) is 1. The average Bonchev–Trinajstić information content (AvgIpc) is 3.01. The highest BCUT2D eigenvalue weighted by Gasteiger charge is 2.13. The molecule has 0 aromatic carbocycles. The molecule has 1 fully saturated rings. The highest BCUT2D eigenvalue weighted by molar-refractivity contribution is 5.19. The summed E-state index contributed by atoms with van der Waals surface area (Å²) in [7, 11) is 0. The molecule has 1 N–H and O–H groups in total. The molecule has 1 aliphatic heterocycles. The Balaban J connectivity index is 1.71. The minimum absolute atomic E-state index is 0.103. The monoisotopic (exact) mass is 294 g/mol. The normalized spacial score (nSPS) is 16.8. The van der Waals surface area contributed by atoms with Gasteiger partial charge in [-0.25, -0.2) is 0 Å². The third-order valence-electron chi connectivity index (χ3n) is 3.85. The molecule has 120 valence electrons. The standard InChI is InChI=1S/C17H30N2O2/c1-14-11-15(21-16(14)12-18-17(2,3)4)13-20-10-9-19-7-5-6-8-19/h11,18H,5-10,12-13H2,1-4H3. The van der Waals surface area contributed by atoms with Gasteiger partial charge in [-0.05, 0) is 65.3 Å². The molecular formula is C17H30N2O2. The summed E-state index contributed by atoms with van der Waals surface area (Å²) in [6.45, 7) is 14.2. The van der Waals surface area contributed by atoms with Crippen LogP contribution in [0.1, 0.15) is 50.7 Å². The summed E-state index contributed by atoms with van der Waals surface area (Å²) in [6, 6.07) is 2.09. The van der Waals surface area contributed by atoms with E-state index >= 15 is 0 Å². The number of hydrogen-bond acceptors (Lipinski definition) is 4. The van der Waals surface area contributed by atoms with Gasteiger partial charge < -0.3 is 19.4 Å². The van der Waals surface area contributed by atoms with Gasteiger partial charge in [0.2, 0.25) is 0 Å². The van der Waals surface area contributed by atoms with Gasteiger partial charge in [0.25, 0.3) is 0 Å². The first-order valence-corrected chi connectivity index (χ1v) is 8.07. The largest absolute Gasteiger partial charge is 0.462 e. The fraction of sp³-hybridized carbons (Fsp3) is 0.765. The lowest BCUT2D eigenvalue weighted by molar-refractivity contribution is 0.0866. The SMILES string of the molecule is Cc1cc(COCCN2CCCC2)oc1CNC(C)(C)C. The van der Waals surface area contributed by atoms with Gasteiger partial charge in [0.15, 0.2) is 0 Å².